The summed E-state index contributed by atoms with van der Waals surface area (Å²) in [5.41, 5.74) is 4.95. The first-order valence-electron chi connectivity index (χ1n) is 8.28. The van der Waals surface area contributed by atoms with E-state index in [9.17, 15) is 14.4 Å². The molecule has 0 aromatic rings. The average molecular weight is 326 g/mol. The van der Waals surface area contributed by atoms with E-state index in [1.807, 2.05) is 27.8 Å². The van der Waals surface area contributed by atoms with Crippen LogP contribution in [0.3, 0.4) is 0 Å². The third-order valence-corrected chi connectivity index (χ3v) is 4.39. The molecule has 23 heavy (non-hydrogen) atoms. The van der Waals surface area contributed by atoms with Crippen LogP contribution in [0.2, 0.25) is 0 Å². The molecule has 0 saturated carbocycles. The van der Waals surface area contributed by atoms with Gasteiger partial charge in [0.15, 0.2) is 0 Å². The van der Waals surface area contributed by atoms with Crippen molar-refractivity contribution >= 4 is 17.7 Å². The van der Waals surface area contributed by atoms with Crippen LogP contribution in [-0.2, 0) is 14.4 Å². The van der Waals surface area contributed by atoms with Crippen LogP contribution < -0.4 is 10.9 Å². The van der Waals surface area contributed by atoms with E-state index in [1.165, 1.54) is 0 Å². The molecule has 0 aromatic carbocycles. The number of hydrogen-bond donors (Lipinski definition) is 2. The zero-order chi connectivity index (χ0) is 17.6. The van der Waals surface area contributed by atoms with Gasteiger partial charge in [0.2, 0.25) is 11.8 Å². The Bertz CT molecular complexity index is 431. The van der Waals surface area contributed by atoms with E-state index in [-0.39, 0.29) is 35.7 Å². The van der Waals surface area contributed by atoms with Crippen molar-refractivity contribution in [1.29, 1.82) is 0 Å². The number of nitrogens with one attached hydrogen (secondary N) is 2. The highest BCUT2D eigenvalue weighted by atomic mass is 16.2. The monoisotopic (exact) mass is 326 g/mol. The predicted octanol–water partition coefficient (Wildman–Crippen LogP) is 0.511. The van der Waals surface area contributed by atoms with Crippen LogP contribution in [0.25, 0.3) is 0 Å². The Hall–Kier alpha value is -1.63. The third-order valence-electron chi connectivity index (χ3n) is 4.39. The molecule has 1 saturated heterocycles. The number of carbonyl (C=O) groups is 3. The van der Waals surface area contributed by atoms with E-state index in [1.54, 1.807) is 11.8 Å². The molecule has 7 heteroatoms. The maximum absolute atomic E-state index is 12.1. The fourth-order valence-electron chi connectivity index (χ4n) is 2.74. The van der Waals surface area contributed by atoms with Crippen molar-refractivity contribution in [2.24, 2.45) is 5.92 Å². The molecule has 1 unspecified atom stereocenters. The third kappa shape index (κ3) is 6.17. The molecule has 1 rings (SSSR count). The number of rotatable bonds is 5. The Morgan fingerprint density at radius 1 is 1.13 bits per heavy atom. The minimum absolute atomic E-state index is 0.0714. The second-order valence-corrected chi connectivity index (χ2v) is 6.71. The molecular weight excluding hydrogens is 296 g/mol. The molecule has 1 atom stereocenters. The van der Waals surface area contributed by atoms with Gasteiger partial charge in [0.05, 0.1) is 6.04 Å². The van der Waals surface area contributed by atoms with Crippen LogP contribution >= 0.6 is 0 Å². The van der Waals surface area contributed by atoms with E-state index in [0.717, 1.165) is 25.9 Å². The van der Waals surface area contributed by atoms with Crippen LogP contribution in [0.15, 0.2) is 0 Å². The lowest BCUT2D eigenvalue weighted by molar-refractivity contribution is -0.133. The molecule has 1 aliphatic rings. The minimum Gasteiger partial charge on any atom is -0.343 e. The Balaban J connectivity index is 2.38. The molecule has 1 aliphatic heterocycles. The van der Waals surface area contributed by atoms with Crippen LogP contribution in [0.4, 0.5) is 0 Å². The lowest BCUT2D eigenvalue weighted by Gasteiger charge is -2.38. The molecule has 0 aromatic heterocycles. The summed E-state index contributed by atoms with van der Waals surface area (Å²) in [6.07, 6.45) is 2.10. The van der Waals surface area contributed by atoms with Gasteiger partial charge < -0.3 is 4.90 Å². The zero-order valence-electron chi connectivity index (χ0n) is 14.9. The SMILES string of the molecule is CC(=O)N(C)C1CCN(C(C)C(=O)NNC(=O)CC(C)C)CC1. The number of hydrazine groups is 1. The molecular formula is C16H30N4O3. The first kappa shape index (κ1) is 19.4. The Labute approximate surface area is 138 Å². The number of hydrogen-bond acceptors (Lipinski definition) is 4. The van der Waals surface area contributed by atoms with E-state index < -0.39 is 0 Å². The predicted molar refractivity (Wildman–Crippen MR) is 88.2 cm³/mol. The summed E-state index contributed by atoms with van der Waals surface area (Å²) in [6, 6.07) is -0.0670. The van der Waals surface area contributed by atoms with Gasteiger partial charge >= 0.3 is 0 Å². The van der Waals surface area contributed by atoms with Crippen molar-refractivity contribution in [3.05, 3.63) is 0 Å². The number of carbonyl (C=O) groups excluding carboxylic acids is 3. The first-order valence-corrected chi connectivity index (χ1v) is 8.28. The average Bonchev–Trinajstić information content (AvgIpc) is 2.50. The van der Waals surface area contributed by atoms with Gasteiger partial charge in [-0.2, -0.15) is 0 Å². The van der Waals surface area contributed by atoms with Crippen molar-refractivity contribution in [2.45, 2.75) is 59.0 Å². The summed E-state index contributed by atoms with van der Waals surface area (Å²) >= 11 is 0. The molecule has 7 nitrogen and oxygen atoms in total. The smallest absolute Gasteiger partial charge is 0.255 e. The normalized spacial score (nSPS) is 17.7. The first-order chi connectivity index (χ1) is 10.7. The maximum Gasteiger partial charge on any atom is 0.255 e. The Kier molecular flexibility index (Phi) is 7.48. The second-order valence-electron chi connectivity index (χ2n) is 6.71. The fourth-order valence-corrected chi connectivity index (χ4v) is 2.74. The van der Waals surface area contributed by atoms with Crippen LogP contribution in [-0.4, -0.2) is 59.7 Å². The summed E-state index contributed by atoms with van der Waals surface area (Å²) in [6.45, 7) is 8.83. The largest absolute Gasteiger partial charge is 0.343 e. The van der Waals surface area contributed by atoms with Crippen molar-refractivity contribution in [1.82, 2.24) is 20.7 Å². The zero-order valence-corrected chi connectivity index (χ0v) is 14.9. The highest BCUT2D eigenvalue weighted by molar-refractivity contribution is 5.85. The molecule has 0 aliphatic carbocycles. The maximum atomic E-state index is 12.1. The molecule has 0 spiro atoms. The summed E-state index contributed by atoms with van der Waals surface area (Å²) in [5.74, 6) is -0.0634. The number of likely N-dealkylation sites (tertiary alicyclic amines) is 1. The van der Waals surface area contributed by atoms with Gasteiger partial charge in [-0.25, -0.2) is 0 Å². The molecule has 1 heterocycles. The van der Waals surface area contributed by atoms with Gasteiger partial charge in [-0.05, 0) is 25.7 Å². The van der Waals surface area contributed by atoms with Crippen molar-refractivity contribution in [3.8, 4) is 0 Å². The number of piperidine rings is 1. The second kappa shape index (κ2) is 8.86. The molecule has 2 N–H and O–H groups in total. The van der Waals surface area contributed by atoms with Gasteiger partial charge in [-0.1, -0.05) is 13.8 Å². The van der Waals surface area contributed by atoms with Crippen molar-refractivity contribution < 1.29 is 14.4 Å². The van der Waals surface area contributed by atoms with Crippen LogP contribution in [0.5, 0.6) is 0 Å². The van der Waals surface area contributed by atoms with Crippen molar-refractivity contribution in [3.63, 3.8) is 0 Å². The van der Waals surface area contributed by atoms with Crippen molar-refractivity contribution in [2.75, 3.05) is 20.1 Å². The summed E-state index contributed by atoms with van der Waals surface area (Å²) in [7, 11) is 1.82. The van der Waals surface area contributed by atoms with E-state index in [0.29, 0.717) is 6.42 Å². The van der Waals surface area contributed by atoms with Gasteiger partial charge in [0.1, 0.15) is 0 Å². The summed E-state index contributed by atoms with van der Waals surface area (Å²) in [4.78, 5) is 38.9. The van der Waals surface area contributed by atoms with E-state index >= 15 is 0 Å². The Morgan fingerprint density at radius 3 is 2.17 bits per heavy atom. The van der Waals surface area contributed by atoms with E-state index in [4.69, 9.17) is 0 Å². The topological polar surface area (TPSA) is 81.8 Å². The summed E-state index contributed by atoms with van der Waals surface area (Å²) < 4.78 is 0. The van der Waals surface area contributed by atoms with Crippen LogP contribution in [0.1, 0.15) is 47.0 Å². The van der Waals surface area contributed by atoms with Gasteiger partial charge in [0.25, 0.3) is 5.91 Å². The molecule has 1 fully saturated rings. The number of amides is 3. The van der Waals surface area contributed by atoms with Crippen LogP contribution in [0, 0.1) is 5.92 Å². The highest BCUT2D eigenvalue weighted by Gasteiger charge is 2.29. The fraction of sp³-hybridized carbons (Fsp3) is 0.812. The molecule has 132 valence electrons. The standard InChI is InChI=1S/C16H30N4O3/c1-11(2)10-15(22)17-18-16(23)12(3)20-8-6-14(7-9-20)19(5)13(4)21/h11-12,14H,6-10H2,1-5H3,(H,17,22)(H,18,23). The minimum atomic E-state index is -0.307. The van der Waals surface area contributed by atoms with Gasteiger partial charge in [-0.3, -0.25) is 30.1 Å². The molecule has 3 amide bonds. The lowest BCUT2D eigenvalue weighted by atomic mass is 10.0. The van der Waals surface area contributed by atoms with Gasteiger partial charge in [0, 0.05) is 39.5 Å². The molecule has 0 radical (unpaired) electrons. The quantitative estimate of drug-likeness (QED) is 0.721. The van der Waals surface area contributed by atoms with E-state index in [2.05, 4.69) is 15.8 Å². The number of nitrogens with zero attached hydrogens (tertiary/aromatic N) is 2. The Morgan fingerprint density at radius 2 is 1.70 bits per heavy atom. The molecule has 0 bridgehead atoms. The lowest BCUT2D eigenvalue weighted by Crippen LogP contribution is -2.54. The van der Waals surface area contributed by atoms with Gasteiger partial charge in [-0.15, -0.1) is 0 Å². The highest BCUT2D eigenvalue weighted by Crippen LogP contribution is 2.17. The summed E-state index contributed by atoms with van der Waals surface area (Å²) in [5, 5.41) is 0.